The molecule has 0 amide bonds. The van der Waals surface area contributed by atoms with Crippen LogP contribution < -0.4 is 4.74 Å². The molecule has 5 rings (SSSR count). The maximum atomic E-state index is 15.0. The zero-order valence-electron chi connectivity index (χ0n) is 23.7. The van der Waals surface area contributed by atoms with Gasteiger partial charge in [0.15, 0.2) is 23.7 Å². The van der Waals surface area contributed by atoms with Crippen LogP contribution in [0, 0.1) is 34.9 Å². The number of hydrogen-bond donors (Lipinski definition) is 0. The fourth-order valence-corrected chi connectivity index (χ4v) is 4.72. The van der Waals surface area contributed by atoms with Crippen molar-refractivity contribution < 1.29 is 54.1 Å². The molecular weight excluding hydrogens is 612 g/mol. The van der Waals surface area contributed by atoms with E-state index in [1.807, 2.05) is 0 Å². The highest BCUT2D eigenvalue weighted by Crippen LogP contribution is 2.38. The van der Waals surface area contributed by atoms with E-state index < -0.39 is 69.7 Å². The molecule has 0 radical (unpaired) electrons. The summed E-state index contributed by atoms with van der Waals surface area (Å²) in [4.78, 5) is 0. The minimum Gasteiger partial charge on any atom is -0.429 e. The minimum absolute atomic E-state index is 0.0415. The van der Waals surface area contributed by atoms with E-state index in [1.165, 1.54) is 12.1 Å². The molecule has 0 saturated carbocycles. The quantitative estimate of drug-likeness (QED) is 0.0986. The molecule has 12 heteroatoms. The van der Waals surface area contributed by atoms with Crippen molar-refractivity contribution in [1.82, 2.24) is 0 Å². The van der Waals surface area contributed by atoms with Gasteiger partial charge in [0.25, 0.3) is 0 Å². The fourth-order valence-electron chi connectivity index (χ4n) is 4.72. The highest BCUT2D eigenvalue weighted by molar-refractivity contribution is 5.66. The molecule has 45 heavy (non-hydrogen) atoms. The van der Waals surface area contributed by atoms with Gasteiger partial charge < -0.3 is 18.9 Å². The van der Waals surface area contributed by atoms with Gasteiger partial charge in [0.1, 0.15) is 34.9 Å². The summed E-state index contributed by atoms with van der Waals surface area (Å²) in [7, 11) is 0. The van der Waals surface area contributed by atoms with Crippen LogP contribution in [0.1, 0.15) is 37.2 Å². The van der Waals surface area contributed by atoms with E-state index >= 15 is 0 Å². The van der Waals surface area contributed by atoms with Gasteiger partial charge in [-0.05, 0) is 59.5 Å². The van der Waals surface area contributed by atoms with Crippen LogP contribution in [0.5, 0.6) is 5.75 Å². The number of alkyl halides is 2. The first-order valence-corrected chi connectivity index (χ1v) is 13.9. The third-order valence-corrected chi connectivity index (χ3v) is 7.05. The zero-order chi connectivity index (χ0) is 32.3. The molecule has 0 N–H and O–H groups in total. The van der Waals surface area contributed by atoms with Gasteiger partial charge in [-0.15, -0.1) is 0 Å². The second kappa shape index (κ2) is 13.6. The van der Waals surface area contributed by atoms with Gasteiger partial charge >= 0.3 is 6.11 Å². The lowest BCUT2D eigenvalue weighted by molar-refractivity contribution is -0.230. The average molecular weight is 639 g/mol. The third-order valence-electron chi connectivity index (χ3n) is 7.05. The summed E-state index contributed by atoms with van der Waals surface area (Å²) in [5, 5.41) is 0. The van der Waals surface area contributed by atoms with E-state index in [0.29, 0.717) is 61.3 Å². The second-order valence-corrected chi connectivity index (χ2v) is 10.3. The molecule has 0 unspecified atom stereocenters. The predicted molar refractivity (Wildman–Crippen MR) is 147 cm³/mol. The molecule has 0 atom stereocenters. The van der Waals surface area contributed by atoms with Gasteiger partial charge in [0.05, 0.1) is 13.2 Å². The number of rotatable bonds is 10. The van der Waals surface area contributed by atoms with Crippen LogP contribution in [-0.2, 0) is 20.3 Å². The third kappa shape index (κ3) is 7.29. The summed E-state index contributed by atoms with van der Waals surface area (Å²) < 4.78 is 136. The van der Waals surface area contributed by atoms with Crippen molar-refractivity contribution in [3.05, 3.63) is 113 Å². The molecule has 4 aromatic carbocycles. The van der Waals surface area contributed by atoms with Crippen molar-refractivity contribution in [1.29, 1.82) is 0 Å². The molecule has 1 saturated heterocycles. The second-order valence-electron chi connectivity index (χ2n) is 10.3. The molecule has 238 valence electrons. The lowest BCUT2D eigenvalue weighted by Gasteiger charge is -2.29. The SMILES string of the molecule is CCCCOC1COC(c2ccc(-c3cc(F)c(C(F)(F)Oc4ccc(-c5cc(F)c(F)c(F)c5)c(F)c4)c(F)c3)cc2)OC1. The molecule has 1 aliphatic rings. The highest BCUT2D eigenvalue weighted by Gasteiger charge is 2.41. The van der Waals surface area contributed by atoms with E-state index in [-0.39, 0.29) is 11.7 Å². The lowest BCUT2D eigenvalue weighted by atomic mass is 10.0. The van der Waals surface area contributed by atoms with Crippen LogP contribution in [0.15, 0.2) is 66.7 Å². The van der Waals surface area contributed by atoms with Gasteiger partial charge in [-0.25, -0.2) is 26.3 Å². The standard InChI is InChI=1S/C33H26F8O4/c1-2-3-10-42-23-16-43-32(44-17-23)19-6-4-18(5-7-19)20-11-26(35)30(27(36)12-20)33(40,41)45-22-8-9-24(25(34)15-22)21-13-28(37)31(39)29(38)14-21/h4-9,11-15,23,32H,2-3,10,16-17H2,1H3. The molecule has 0 aliphatic carbocycles. The minimum atomic E-state index is -4.59. The van der Waals surface area contributed by atoms with Crippen LogP contribution in [-0.4, -0.2) is 25.9 Å². The van der Waals surface area contributed by atoms with E-state index in [4.69, 9.17) is 14.2 Å². The lowest BCUT2D eigenvalue weighted by Crippen LogP contribution is -2.33. The largest absolute Gasteiger partial charge is 0.432 e. The maximum Gasteiger partial charge on any atom is 0.432 e. The van der Waals surface area contributed by atoms with Gasteiger partial charge in [-0.1, -0.05) is 37.6 Å². The smallest absolute Gasteiger partial charge is 0.429 e. The summed E-state index contributed by atoms with van der Waals surface area (Å²) in [6.07, 6.45) is -3.52. The van der Waals surface area contributed by atoms with Crippen molar-refractivity contribution >= 4 is 0 Å². The Kier molecular flexibility index (Phi) is 9.76. The number of hydrogen-bond acceptors (Lipinski definition) is 4. The molecular formula is C33H26F8O4. The molecule has 0 aromatic heterocycles. The summed E-state index contributed by atoms with van der Waals surface area (Å²) in [5.41, 5.74) is -1.68. The number of halogens is 8. The fraction of sp³-hybridized carbons (Fsp3) is 0.273. The molecule has 1 heterocycles. The van der Waals surface area contributed by atoms with Crippen LogP contribution >= 0.6 is 0 Å². The zero-order valence-corrected chi connectivity index (χ0v) is 23.7. The van der Waals surface area contributed by atoms with E-state index in [9.17, 15) is 35.1 Å². The summed E-state index contributed by atoms with van der Waals surface area (Å²) in [5.74, 6) is -10.3. The van der Waals surface area contributed by atoms with Gasteiger partial charge in [-0.3, -0.25) is 0 Å². The van der Waals surface area contributed by atoms with Gasteiger partial charge in [-0.2, -0.15) is 8.78 Å². The number of ether oxygens (including phenoxy) is 4. The van der Waals surface area contributed by atoms with E-state index in [2.05, 4.69) is 11.7 Å². The van der Waals surface area contributed by atoms with Gasteiger partial charge in [0.2, 0.25) is 0 Å². The Morgan fingerprint density at radius 3 is 1.89 bits per heavy atom. The monoisotopic (exact) mass is 638 g/mol. The van der Waals surface area contributed by atoms with Crippen LogP contribution in [0.4, 0.5) is 35.1 Å². The van der Waals surface area contributed by atoms with Crippen molar-refractivity contribution in [3.8, 4) is 28.0 Å². The average Bonchev–Trinajstić information content (AvgIpc) is 2.99. The van der Waals surface area contributed by atoms with E-state index in [1.54, 1.807) is 12.1 Å². The first-order chi connectivity index (χ1) is 21.5. The Labute approximate surface area is 253 Å². The van der Waals surface area contributed by atoms with Crippen LogP contribution in [0.25, 0.3) is 22.3 Å². The number of unbranched alkanes of at least 4 members (excludes halogenated alkanes) is 1. The molecule has 0 spiro atoms. The summed E-state index contributed by atoms with van der Waals surface area (Å²) >= 11 is 0. The van der Waals surface area contributed by atoms with E-state index in [0.717, 1.165) is 25.0 Å². The van der Waals surface area contributed by atoms with Crippen LogP contribution in [0.3, 0.4) is 0 Å². The first kappa shape index (κ1) is 32.4. The normalized spacial score (nSPS) is 17.0. The van der Waals surface area contributed by atoms with Crippen molar-refractivity contribution in [2.75, 3.05) is 19.8 Å². The Balaban J connectivity index is 1.28. The Hall–Kier alpha value is -4.00. The highest BCUT2D eigenvalue weighted by atomic mass is 19.3. The Morgan fingerprint density at radius 2 is 1.31 bits per heavy atom. The summed E-state index contributed by atoms with van der Waals surface area (Å²) in [6.45, 7) is 3.32. The Morgan fingerprint density at radius 1 is 0.711 bits per heavy atom. The summed E-state index contributed by atoms with van der Waals surface area (Å²) in [6, 6.07) is 10.8. The van der Waals surface area contributed by atoms with Crippen molar-refractivity contribution in [2.45, 2.75) is 38.3 Å². The molecule has 1 aliphatic heterocycles. The van der Waals surface area contributed by atoms with Crippen LogP contribution in [0.2, 0.25) is 0 Å². The molecule has 1 fully saturated rings. The molecule has 0 bridgehead atoms. The molecule has 4 aromatic rings. The van der Waals surface area contributed by atoms with Crippen molar-refractivity contribution in [2.24, 2.45) is 0 Å². The number of benzene rings is 4. The predicted octanol–water partition coefficient (Wildman–Crippen LogP) is 9.21. The Bertz CT molecular complexity index is 1610. The van der Waals surface area contributed by atoms with Gasteiger partial charge in [0, 0.05) is 23.8 Å². The van der Waals surface area contributed by atoms with Crippen molar-refractivity contribution in [3.63, 3.8) is 0 Å². The maximum absolute atomic E-state index is 15.0. The topological polar surface area (TPSA) is 36.9 Å². The first-order valence-electron chi connectivity index (χ1n) is 13.9. The molecule has 4 nitrogen and oxygen atoms in total.